The molecule has 1 aromatic rings. The van der Waals surface area contributed by atoms with Gasteiger partial charge < -0.3 is 10.2 Å². The number of halogens is 1. The van der Waals surface area contributed by atoms with E-state index in [0.29, 0.717) is 6.04 Å². The van der Waals surface area contributed by atoms with Crippen molar-refractivity contribution in [1.29, 1.82) is 0 Å². The van der Waals surface area contributed by atoms with Crippen molar-refractivity contribution in [2.24, 2.45) is 0 Å². The predicted octanol–water partition coefficient (Wildman–Crippen LogP) is 2.40. The van der Waals surface area contributed by atoms with E-state index in [-0.39, 0.29) is 5.82 Å². The van der Waals surface area contributed by atoms with Crippen LogP contribution in [-0.4, -0.2) is 25.7 Å². The van der Waals surface area contributed by atoms with Crippen molar-refractivity contribution >= 4 is 5.69 Å². The molecule has 2 nitrogen and oxygen atoms in total. The lowest BCUT2D eigenvalue weighted by atomic mass is 10.1. The molecular formula is C13H19FN2. The third-order valence-electron chi connectivity index (χ3n) is 3.12. The van der Waals surface area contributed by atoms with Crippen LogP contribution in [0.1, 0.15) is 19.8 Å². The molecule has 1 fully saturated rings. The zero-order valence-corrected chi connectivity index (χ0v) is 9.75. The number of rotatable bonds is 1. The quantitative estimate of drug-likeness (QED) is 0.785. The Kier molecular flexibility index (Phi) is 3.78. The molecule has 16 heavy (non-hydrogen) atoms. The minimum Gasteiger partial charge on any atom is -0.371 e. The van der Waals surface area contributed by atoms with E-state index in [4.69, 9.17) is 0 Å². The summed E-state index contributed by atoms with van der Waals surface area (Å²) in [4.78, 5) is 2.34. The lowest BCUT2D eigenvalue weighted by Gasteiger charge is -2.29. The Morgan fingerprint density at radius 1 is 1.25 bits per heavy atom. The first-order valence-electron chi connectivity index (χ1n) is 5.99. The summed E-state index contributed by atoms with van der Waals surface area (Å²) in [5.41, 5.74) is 1.13. The van der Waals surface area contributed by atoms with Crippen molar-refractivity contribution in [3.63, 3.8) is 0 Å². The fourth-order valence-electron chi connectivity index (χ4n) is 2.09. The predicted molar refractivity (Wildman–Crippen MR) is 65.3 cm³/mol. The van der Waals surface area contributed by atoms with Gasteiger partial charge in [-0.1, -0.05) is 0 Å². The van der Waals surface area contributed by atoms with Gasteiger partial charge in [-0.25, -0.2) is 4.39 Å². The van der Waals surface area contributed by atoms with Crippen LogP contribution in [0.3, 0.4) is 0 Å². The van der Waals surface area contributed by atoms with E-state index in [1.165, 1.54) is 12.1 Å². The molecule has 1 saturated heterocycles. The Labute approximate surface area is 96.5 Å². The van der Waals surface area contributed by atoms with Crippen molar-refractivity contribution < 1.29 is 4.39 Å². The highest BCUT2D eigenvalue weighted by Gasteiger charge is 2.11. The standard InChI is InChI=1S/C13H19FN2/c1-11-7-10-16(9-2-8-15-11)13-5-3-12(14)4-6-13/h3-6,11,15H,2,7-10H2,1H3. The van der Waals surface area contributed by atoms with Gasteiger partial charge in [0, 0.05) is 24.8 Å². The normalized spacial score (nSPS) is 22.6. The summed E-state index contributed by atoms with van der Waals surface area (Å²) in [6, 6.07) is 7.39. The Balaban J connectivity index is 2.04. The second-order valence-electron chi connectivity index (χ2n) is 4.46. The average Bonchev–Trinajstić information content (AvgIpc) is 2.26. The van der Waals surface area contributed by atoms with Gasteiger partial charge >= 0.3 is 0 Å². The Morgan fingerprint density at radius 3 is 2.75 bits per heavy atom. The third kappa shape index (κ3) is 2.95. The molecule has 0 saturated carbocycles. The van der Waals surface area contributed by atoms with Crippen LogP contribution in [0.25, 0.3) is 0 Å². The van der Waals surface area contributed by atoms with Crippen LogP contribution in [0.2, 0.25) is 0 Å². The van der Waals surface area contributed by atoms with Crippen molar-refractivity contribution in [2.75, 3.05) is 24.5 Å². The molecule has 0 bridgehead atoms. The molecule has 88 valence electrons. The van der Waals surface area contributed by atoms with Gasteiger partial charge in [-0.05, 0) is 50.6 Å². The van der Waals surface area contributed by atoms with Crippen molar-refractivity contribution in [3.05, 3.63) is 30.1 Å². The van der Waals surface area contributed by atoms with Crippen LogP contribution in [-0.2, 0) is 0 Å². The first-order valence-corrected chi connectivity index (χ1v) is 5.99. The molecule has 1 aliphatic rings. The Hall–Kier alpha value is -1.09. The topological polar surface area (TPSA) is 15.3 Å². The van der Waals surface area contributed by atoms with Crippen LogP contribution >= 0.6 is 0 Å². The average molecular weight is 222 g/mol. The van der Waals surface area contributed by atoms with E-state index in [1.54, 1.807) is 0 Å². The van der Waals surface area contributed by atoms with Crippen molar-refractivity contribution in [3.8, 4) is 0 Å². The maximum atomic E-state index is 12.8. The van der Waals surface area contributed by atoms with Crippen LogP contribution in [0.5, 0.6) is 0 Å². The van der Waals surface area contributed by atoms with Gasteiger partial charge in [-0.15, -0.1) is 0 Å². The number of anilines is 1. The Morgan fingerprint density at radius 2 is 2.00 bits per heavy atom. The van der Waals surface area contributed by atoms with E-state index in [9.17, 15) is 4.39 Å². The van der Waals surface area contributed by atoms with Gasteiger partial charge in [-0.2, -0.15) is 0 Å². The zero-order valence-electron chi connectivity index (χ0n) is 9.75. The summed E-state index contributed by atoms with van der Waals surface area (Å²) >= 11 is 0. The molecule has 1 N–H and O–H groups in total. The summed E-state index contributed by atoms with van der Waals surface area (Å²) in [6.07, 6.45) is 2.28. The van der Waals surface area contributed by atoms with Crippen LogP contribution in [0, 0.1) is 5.82 Å². The van der Waals surface area contributed by atoms with Gasteiger partial charge in [0.25, 0.3) is 0 Å². The van der Waals surface area contributed by atoms with Gasteiger partial charge in [-0.3, -0.25) is 0 Å². The highest BCUT2D eigenvalue weighted by Crippen LogP contribution is 2.16. The lowest BCUT2D eigenvalue weighted by Crippen LogP contribution is -2.38. The fourth-order valence-corrected chi connectivity index (χ4v) is 2.09. The zero-order chi connectivity index (χ0) is 11.4. The number of hydrogen-bond acceptors (Lipinski definition) is 2. The van der Waals surface area contributed by atoms with Gasteiger partial charge in [0.1, 0.15) is 5.82 Å². The maximum absolute atomic E-state index is 12.8. The summed E-state index contributed by atoms with van der Waals surface area (Å²) < 4.78 is 12.8. The lowest BCUT2D eigenvalue weighted by molar-refractivity contribution is 0.475. The summed E-state index contributed by atoms with van der Waals surface area (Å²) in [6.45, 7) is 5.37. The minimum atomic E-state index is -0.161. The summed E-state index contributed by atoms with van der Waals surface area (Å²) in [5, 5.41) is 3.48. The van der Waals surface area contributed by atoms with E-state index < -0.39 is 0 Å². The van der Waals surface area contributed by atoms with E-state index in [0.717, 1.165) is 38.2 Å². The molecule has 0 aromatic heterocycles. The molecule has 3 heteroatoms. The minimum absolute atomic E-state index is 0.161. The molecule has 1 unspecified atom stereocenters. The summed E-state index contributed by atoms with van der Waals surface area (Å²) in [7, 11) is 0. The smallest absolute Gasteiger partial charge is 0.123 e. The first kappa shape index (κ1) is 11.4. The van der Waals surface area contributed by atoms with E-state index in [2.05, 4.69) is 17.1 Å². The molecule has 1 aliphatic heterocycles. The van der Waals surface area contributed by atoms with Crippen LogP contribution < -0.4 is 10.2 Å². The van der Waals surface area contributed by atoms with Crippen LogP contribution in [0.4, 0.5) is 10.1 Å². The molecule has 0 aliphatic carbocycles. The number of benzene rings is 1. The van der Waals surface area contributed by atoms with Crippen LogP contribution in [0.15, 0.2) is 24.3 Å². The molecule has 1 atom stereocenters. The maximum Gasteiger partial charge on any atom is 0.123 e. The Bertz CT molecular complexity index is 323. The molecule has 0 amide bonds. The first-order chi connectivity index (χ1) is 7.75. The number of nitrogens with zero attached hydrogens (tertiary/aromatic N) is 1. The van der Waals surface area contributed by atoms with E-state index >= 15 is 0 Å². The molecule has 1 aromatic carbocycles. The molecule has 1 heterocycles. The number of nitrogens with one attached hydrogen (secondary N) is 1. The highest BCUT2D eigenvalue weighted by atomic mass is 19.1. The van der Waals surface area contributed by atoms with Crippen molar-refractivity contribution in [1.82, 2.24) is 5.32 Å². The molecule has 0 spiro atoms. The van der Waals surface area contributed by atoms with Gasteiger partial charge in [0.15, 0.2) is 0 Å². The van der Waals surface area contributed by atoms with Gasteiger partial charge in [0.2, 0.25) is 0 Å². The third-order valence-corrected chi connectivity index (χ3v) is 3.12. The SMILES string of the molecule is CC1CCN(c2ccc(F)cc2)CCCN1. The largest absolute Gasteiger partial charge is 0.371 e. The summed E-state index contributed by atoms with van der Waals surface area (Å²) in [5.74, 6) is -0.161. The monoisotopic (exact) mass is 222 g/mol. The van der Waals surface area contributed by atoms with Crippen molar-refractivity contribution in [2.45, 2.75) is 25.8 Å². The molecule has 0 radical (unpaired) electrons. The number of hydrogen-bond donors (Lipinski definition) is 1. The second-order valence-corrected chi connectivity index (χ2v) is 4.46. The highest BCUT2D eigenvalue weighted by molar-refractivity contribution is 5.46. The fraction of sp³-hybridized carbons (Fsp3) is 0.538. The van der Waals surface area contributed by atoms with E-state index in [1.807, 2.05) is 12.1 Å². The molecule has 2 rings (SSSR count). The van der Waals surface area contributed by atoms with Gasteiger partial charge in [0.05, 0.1) is 0 Å². The molecular weight excluding hydrogens is 203 g/mol. The second kappa shape index (κ2) is 5.30.